The fourth-order valence-corrected chi connectivity index (χ4v) is 3.33. The maximum absolute atomic E-state index is 12.1. The second-order valence-corrected chi connectivity index (χ2v) is 6.97. The first-order valence-corrected chi connectivity index (χ1v) is 9.15. The Bertz CT molecular complexity index is 518. The highest BCUT2D eigenvalue weighted by atomic mass is 16.5. The van der Waals surface area contributed by atoms with E-state index < -0.39 is 0 Å². The molecule has 0 bridgehead atoms. The molecule has 2 aliphatic heterocycles. The summed E-state index contributed by atoms with van der Waals surface area (Å²) in [5.41, 5.74) is 2.14. The average Bonchev–Trinajstić information content (AvgIpc) is 2.62. The number of carbonyl (C=O) groups is 1. The average molecular weight is 331 g/mol. The van der Waals surface area contributed by atoms with Gasteiger partial charge in [-0.2, -0.15) is 0 Å². The summed E-state index contributed by atoms with van der Waals surface area (Å²) in [6.07, 6.45) is 3.06. The van der Waals surface area contributed by atoms with Crippen molar-refractivity contribution in [2.45, 2.75) is 26.2 Å². The molecule has 5 heteroatoms. The van der Waals surface area contributed by atoms with Crippen LogP contribution in [0.5, 0.6) is 0 Å². The van der Waals surface area contributed by atoms with Crippen molar-refractivity contribution in [3.63, 3.8) is 0 Å². The fourth-order valence-electron chi connectivity index (χ4n) is 3.33. The number of ether oxygens (including phenoxy) is 1. The molecule has 0 atom stereocenters. The van der Waals surface area contributed by atoms with Crippen molar-refractivity contribution < 1.29 is 9.53 Å². The lowest BCUT2D eigenvalue weighted by molar-refractivity contribution is -0.116. The van der Waals surface area contributed by atoms with E-state index >= 15 is 0 Å². The van der Waals surface area contributed by atoms with Crippen molar-refractivity contribution in [3.8, 4) is 0 Å². The van der Waals surface area contributed by atoms with E-state index in [0.29, 0.717) is 6.42 Å². The summed E-state index contributed by atoms with van der Waals surface area (Å²) in [6, 6.07) is 8.27. The highest BCUT2D eigenvalue weighted by Crippen LogP contribution is 2.24. The van der Waals surface area contributed by atoms with Gasteiger partial charge in [0.05, 0.1) is 13.2 Å². The molecule has 24 heavy (non-hydrogen) atoms. The maximum atomic E-state index is 12.1. The summed E-state index contributed by atoms with van der Waals surface area (Å²) in [5, 5.41) is 3.00. The summed E-state index contributed by atoms with van der Waals surface area (Å²) in [6.45, 7) is 8.80. The van der Waals surface area contributed by atoms with Gasteiger partial charge in [-0.1, -0.05) is 6.92 Å². The molecule has 0 aliphatic carbocycles. The molecule has 2 saturated heterocycles. The van der Waals surface area contributed by atoms with Crippen LogP contribution >= 0.6 is 0 Å². The van der Waals surface area contributed by atoms with Crippen LogP contribution in [0.15, 0.2) is 24.3 Å². The SMILES string of the molecule is CC1CCN(c2ccc(NC(=O)CCN3CCOCC3)cc2)CC1. The number of morpholine rings is 1. The number of rotatable bonds is 5. The van der Waals surface area contributed by atoms with Crippen molar-refractivity contribution >= 4 is 17.3 Å². The molecular formula is C19H29N3O2. The van der Waals surface area contributed by atoms with Crippen LogP contribution in [0.3, 0.4) is 0 Å². The summed E-state index contributed by atoms with van der Waals surface area (Å²) in [7, 11) is 0. The van der Waals surface area contributed by atoms with Gasteiger partial charge < -0.3 is 15.0 Å². The number of carbonyl (C=O) groups excluding carboxylic acids is 1. The van der Waals surface area contributed by atoms with Crippen LogP contribution in [0.1, 0.15) is 26.2 Å². The third kappa shape index (κ3) is 4.95. The summed E-state index contributed by atoms with van der Waals surface area (Å²) in [4.78, 5) is 16.8. The molecule has 2 heterocycles. The van der Waals surface area contributed by atoms with E-state index in [1.54, 1.807) is 0 Å². The molecule has 0 unspecified atom stereocenters. The van der Waals surface area contributed by atoms with Crippen molar-refractivity contribution in [1.82, 2.24) is 4.90 Å². The highest BCUT2D eigenvalue weighted by molar-refractivity contribution is 5.91. The lowest BCUT2D eigenvalue weighted by atomic mass is 9.99. The number of amides is 1. The Kier molecular flexibility index (Phi) is 6.10. The summed E-state index contributed by atoms with van der Waals surface area (Å²) in [5.74, 6) is 0.923. The topological polar surface area (TPSA) is 44.8 Å². The van der Waals surface area contributed by atoms with Crippen LogP contribution in [0.25, 0.3) is 0 Å². The molecule has 0 saturated carbocycles. The smallest absolute Gasteiger partial charge is 0.225 e. The van der Waals surface area contributed by atoms with E-state index in [9.17, 15) is 4.79 Å². The second kappa shape index (κ2) is 8.49. The highest BCUT2D eigenvalue weighted by Gasteiger charge is 2.16. The second-order valence-electron chi connectivity index (χ2n) is 6.97. The first-order chi connectivity index (χ1) is 11.7. The van der Waals surface area contributed by atoms with Crippen molar-refractivity contribution in [2.75, 3.05) is 56.2 Å². The quantitative estimate of drug-likeness (QED) is 0.901. The largest absolute Gasteiger partial charge is 0.379 e. The summed E-state index contributed by atoms with van der Waals surface area (Å²) >= 11 is 0. The fraction of sp³-hybridized carbons (Fsp3) is 0.632. The van der Waals surface area contributed by atoms with E-state index in [1.165, 1.54) is 18.5 Å². The van der Waals surface area contributed by atoms with Gasteiger partial charge >= 0.3 is 0 Å². The lowest BCUT2D eigenvalue weighted by Crippen LogP contribution is -2.38. The normalized spacial score (nSPS) is 20.1. The van der Waals surface area contributed by atoms with Crippen LogP contribution < -0.4 is 10.2 Å². The van der Waals surface area contributed by atoms with Crippen LogP contribution in [-0.4, -0.2) is 56.7 Å². The molecule has 132 valence electrons. The molecule has 1 amide bonds. The van der Waals surface area contributed by atoms with Gasteiger partial charge in [0.15, 0.2) is 0 Å². The molecule has 0 aromatic heterocycles. The zero-order valence-electron chi connectivity index (χ0n) is 14.7. The Hall–Kier alpha value is -1.59. The number of hydrogen-bond donors (Lipinski definition) is 1. The summed E-state index contributed by atoms with van der Waals surface area (Å²) < 4.78 is 5.32. The minimum Gasteiger partial charge on any atom is -0.379 e. The standard InChI is InChI=1S/C19H29N3O2/c1-16-6-10-22(11-7-16)18-4-2-17(3-5-18)20-19(23)8-9-21-12-14-24-15-13-21/h2-5,16H,6-15H2,1H3,(H,20,23). The number of nitrogens with one attached hydrogen (secondary N) is 1. The predicted octanol–water partition coefficient (Wildman–Crippen LogP) is 2.58. The Morgan fingerprint density at radius 3 is 2.46 bits per heavy atom. The maximum Gasteiger partial charge on any atom is 0.225 e. The van der Waals surface area contributed by atoms with E-state index in [1.807, 2.05) is 12.1 Å². The van der Waals surface area contributed by atoms with Crippen LogP contribution in [0, 0.1) is 5.92 Å². The van der Waals surface area contributed by atoms with Crippen molar-refractivity contribution in [2.24, 2.45) is 5.92 Å². The Morgan fingerprint density at radius 1 is 1.12 bits per heavy atom. The zero-order valence-corrected chi connectivity index (χ0v) is 14.7. The van der Waals surface area contributed by atoms with Gasteiger partial charge in [0.2, 0.25) is 5.91 Å². The Balaban J connectivity index is 1.44. The molecule has 1 aromatic rings. The molecule has 3 rings (SSSR count). The number of anilines is 2. The number of nitrogens with zero attached hydrogens (tertiary/aromatic N) is 2. The van der Waals surface area contributed by atoms with Gasteiger partial charge in [0.25, 0.3) is 0 Å². The number of hydrogen-bond acceptors (Lipinski definition) is 4. The molecular weight excluding hydrogens is 302 g/mol. The van der Waals surface area contributed by atoms with E-state index in [0.717, 1.165) is 57.5 Å². The van der Waals surface area contributed by atoms with Gasteiger partial charge in [-0.15, -0.1) is 0 Å². The number of piperidine rings is 1. The van der Waals surface area contributed by atoms with Crippen LogP contribution in [0.4, 0.5) is 11.4 Å². The molecule has 1 N–H and O–H groups in total. The molecule has 2 aliphatic rings. The third-order valence-corrected chi connectivity index (χ3v) is 5.06. The Morgan fingerprint density at radius 2 is 1.79 bits per heavy atom. The minimum absolute atomic E-state index is 0.0843. The monoisotopic (exact) mass is 331 g/mol. The van der Waals surface area contributed by atoms with Crippen molar-refractivity contribution in [1.29, 1.82) is 0 Å². The van der Waals surface area contributed by atoms with Crippen molar-refractivity contribution in [3.05, 3.63) is 24.3 Å². The first kappa shape index (κ1) is 17.2. The van der Waals surface area contributed by atoms with Crippen LogP contribution in [-0.2, 0) is 9.53 Å². The van der Waals surface area contributed by atoms with Gasteiger partial charge in [0, 0.05) is 50.5 Å². The molecule has 0 spiro atoms. The zero-order chi connectivity index (χ0) is 16.8. The lowest BCUT2D eigenvalue weighted by Gasteiger charge is -2.32. The van der Waals surface area contributed by atoms with Crippen LogP contribution in [0.2, 0.25) is 0 Å². The van der Waals surface area contributed by atoms with E-state index in [2.05, 4.69) is 34.2 Å². The Labute approximate surface area is 145 Å². The third-order valence-electron chi connectivity index (χ3n) is 5.06. The molecule has 1 aromatic carbocycles. The van der Waals surface area contributed by atoms with Gasteiger partial charge in [-0.05, 0) is 43.0 Å². The predicted molar refractivity (Wildman–Crippen MR) is 97.6 cm³/mol. The molecule has 5 nitrogen and oxygen atoms in total. The minimum atomic E-state index is 0.0843. The van der Waals surface area contributed by atoms with Gasteiger partial charge in [0.1, 0.15) is 0 Å². The molecule has 2 fully saturated rings. The number of benzene rings is 1. The van der Waals surface area contributed by atoms with Gasteiger partial charge in [-0.3, -0.25) is 9.69 Å². The first-order valence-electron chi connectivity index (χ1n) is 9.15. The molecule has 0 radical (unpaired) electrons. The van der Waals surface area contributed by atoms with Gasteiger partial charge in [-0.25, -0.2) is 0 Å². The van der Waals surface area contributed by atoms with E-state index in [4.69, 9.17) is 4.74 Å². The van der Waals surface area contributed by atoms with E-state index in [-0.39, 0.29) is 5.91 Å².